The zero-order valence-corrected chi connectivity index (χ0v) is 19.0. The van der Waals surface area contributed by atoms with Crippen LogP contribution in [0.1, 0.15) is 35.1 Å². The zero-order chi connectivity index (χ0) is 22.8. The summed E-state index contributed by atoms with van der Waals surface area (Å²) >= 11 is 0. The van der Waals surface area contributed by atoms with Crippen molar-refractivity contribution in [3.8, 4) is 11.5 Å². The molecule has 1 aliphatic rings. The van der Waals surface area contributed by atoms with Crippen molar-refractivity contribution < 1.29 is 9.47 Å². The van der Waals surface area contributed by atoms with Crippen LogP contribution in [0, 0.1) is 0 Å². The third-order valence-electron chi connectivity index (χ3n) is 6.81. The van der Waals surface area contributed by atoms with Gasteiger partial charge in [-0.25, -0.2) is 0 Å². The summed E-state index contributed by atoms with van der Waals surface area (Å²) in [6, 6.07) is 35.9. The van der Waals surface area contributed by atoms with Crippen LogP contribution >= 0.6 is 0 Å². The summed E-state index contributed by atoms with van der Waals surface area (Å²) in [4.78, 5) is 3.45. The lowest BCUT2D eigenvalue weighted by molar-refractivity contribution is 0.298. The van der Waals surface area contributed by atoms with Gasteiger partial charge in [-0.15, -0.1) is 0 Å². The number of hydrogen-bond donors (Lipinski definition) is 1. The van der Waals surface area contributed by atoms with Crippen molar-refractivity contribution in [2.45, 2.75) is 31.5 Å². The third-order valence-corrected chi connectivity index (χ3v) is 6.81. The summed E-state index contributed by atoms with van der Waals surface area (Å²) in [6.45, 7) is 1.03. The van der Waals surface area contributed by atoms with Crippen molar-refractivity contribution in [1.82, 2.24) is 4.98 Å². The Bertz CT molecular complexity index is 1390. The van der Waals surface area contributed by atoms with Gasteiger partial charge >= 0.3 is 0 Å². The second kappa shape index (κ2) is 8.75. The van der Waals surface area contributed by atoms with Crippen LogP contribution in [0.2, 0.25) is 0 Å². The first-order valence-electron chi connectivity index (χ1n) is 11.9. The molecular formula is C31H27NO2. The SMILES string of the molecule is c1ccc(COc2c[nH]c3cc(C4(c5ccccc5)CC4)cc(OCc4ccccc4)c23)cc1. The Hall–Kier alpha value is -3.98. The minimum atomic E-state index is 0.0659. The number of hydrogen-bond acceptors (Lipinski definition) is 2. The third kappa shape index (κ3) is 3.94. The fourth-order valence-electron chi connectivity index (χ4n) is 4.80. The molecule has 0 spiro atoms. The molecule has 1 heterocycles. The van der Waals surface area contributed by atoms with E-state index in [4.69, 9.17) is 9.47 Å². The van der Waals surface area contributed by atoms with Crippen molar-refractivity contribution in [3.05, 3.63) is 132 Å². The molecule has 4 aromatic carbocycles. The first-order chi connectivity index (χ1) is 16.8. The van der Waals surface area contributed by atoms with E-state index >= 15 is 0 Å². The normalized spacial score (nSPS) is 14.1. The molecule has 1 aliphatic carbocycles. The Balaban J connectivity index is 1.38. The summed E-state index contributed by atoms with van der Waals surface area (Å²) in [6.07, 6.45) is 4.26. The number of aromatic nitrogens is 1. The lowest BCUT2D eigenvalue weighted by Gasteiger charge is -2.19. The molecule has 5 aromatic rings. The lowest BCUT2D eigenvalue weighted by atomic mass is 9.87. The fourth-order valence-corrected chi connectivity index (χ4v) is 4.80. The van der Waals surface area contributed by atoms with E-state index in [0.717, 1.165) is 46.4 Å². The van der Waals surface area contributed by atoms with E-state index in [2.05, 4.69) is 71.7 Å². The highest BCUT2D eigenvalue weighted by Gasteiger charge is 2.46. The second-order valence-electron chi connectivity index (χ2n) is 9.05. The predicted molar refractivity (Wildman–Crippen MR) is 136 cm³/mol. The fraction of sp³-hybridized carbons (Fsp3) is 0.161. The van der Waals surface area contributed by atoms with Gasteiger partial charge in [0.25, 0.3) is 0 Å². The molecule has 1 fully saturated rings. The highest BCUT2D eigenvalue weighted by atomic mass is 16.5. The number of nitrogens with one attached hydrogen (secondary N) is 1. The highest BCUT2D eigenvalue weighted by Crippen LogP contribution is 2.55. The topological polar surface area (TPSA) is 34.2 Å². The van der Waals surface area contributed by atoms with Crippen LogP contribution in [0.3, 0.4) is 0 Å². The van der Waals surface area contributed by atoms with Crippen molar-refractivity contribution >= 4 is 10.9 Å². The van der Waals surface area contributed by atoms with Gasteiger partial charge in [0, 0.05) is 11.6 Å². The van der Waals surface area contributed by atoms with Crippen LogP contribution in [0.4, 0.5) is 0 Å². The van der Waals surface area contributed by atoms with E-state index in [0.29, 0.717) is 13.2 Å². The zero-order valence-electron chi connectivity index (χ0n) is 19.0. The summed E-state index contributed by atoms with van der Waals surface area (Å²) in [5, 5.41) is 1.000. The number of fused-ring (bicyclic) bond motifs is 1. The lowest BCUT2D eigenvalue weighted by Crippen LogP contribution is -2.09. The Morgan fingerprint density at radius 3 is 1.76 bits per heavy atom. The molecule has 0 aliphatic heterocycles. The molecule has 168 valence electrons. The van der Waals surface area contributed by atoms with Gasteiger partial charge in [0.05, 0.1) is 10.9 Å². The highest BCUT2D eigenvalue weighted by molar-refractivity contribution is 5.93. The van der Waals surface area contributed by atoms with E-state index in [-0.39, 0.29) is 5.41 Å². The Labute approximate surface area is 200 Å². The van der Waals surface area contributed by atoms with Crippen LogP contribution in [-0.4, -0.2) is 4.98 Å². The molecule has 0 atom stereocenters. The monoisotopic (exact) mass is 445 g/mol. The summed E-state index contributed by atoms with van der Waals surface area (Å²) < 4.78 is 12.7. The van der Waals surface area contributed by atoms with Crippen LogP contribution in [0.25, 0.3) is 10.9 Å². The number of H-pyrrole nitrogens is 1. The molecule has 1 N–H and O–H groups in total. The summed E-state index contributed by atoms with van der Waals surface area (Å²) in [5.74, 6) is 1.68. The van der Waals surface area contributed by atoms with Crippen LogP contribution in [0.15, 0.2) is 109 Å². The Morgan fingerprint density at radius 1 is 0.618 bits per heavy atom. The molecular weight excluding hydrogens is 418 g/mol. The van der Waals surface area contributed by atoms with Crippen LogP contribution < -0.4 is 9.47 Å². The minimum absolute atomic E-state index is 0.0659. The minimum Gasteiger partial charge on any atom is -0.488 e. The predicted octanol–water partition coefficient (Wildman–Crippen LogP) is 7.41. The maximum atomic E-state index is 6.46. The molecule has 3 heteroatoms. The summed E-state index contributed by atoms with van der Waals surface area (Å²) in [7, 11) is 0. The summed E-state index contributed by atoms with van der Waals surface area (Å²) in [5.41, 5.74) is 6.07. The van der Waals surface area contributed by atoms with Gasteiger partial charge in [-0.1, -0.05) is 91.0 Å². The van der Waals surface area contributed by atoms with Gasteiger partial charge in [0.1, 0.15) is 24.7 Å². The second-order valence-corrected chi connectivity index (χ2v) is 9.05. The van der Waals surface area contributed by atoms with E-state index in [1.807, 2.05) is 42.6 Å². The maximum absolute atomic E-state index is 6.46. The molecule has 1 aromatic heterocycles. The van der Waals surface area contributed by atoms with Crippen molar-refractivity contribution in [2.24, 2.45) is 0 Å². The van der Waals surface area contributed by atoms with E-state index in [1.54, 1.807) is 0 Å². The number of ether oxygens (including phenoxy) is 2. The van der Waals surface area contributed by atoms with Gasteiger partial charge in [-0.3, -0.25) is 0 Å². The molecule has 34 heavy (non-hydrogen) atoms. The average Bonchev–Trinajstić information content (AvgIpc) is 3.62. The molecule has 0 bridgehead atoms. The van der Waals surface area contributed by atoms with Gasteiger partial charge < -0.3 is 14.5 Å². The molecule has 0 unspecified atom stereocenters. The number of rotatable bonds is 8. The largest absolute Gasteiger partial charge is 0.488 e. The first-order valence-corrected chi connectivity index (χ1v) is 11.9. The van der Waals surface area contributed by atoms with Crippen molar-refractivity contribution in [3.63, 3.8) is 0 Å². The number of benzene rings is 4. The average molecular weight is 446 g/mol. The quantitative estimate of drug-likeness (QED) is 0.270. The van der Waals surface area contributed by atoms with Crippen molar-refractivity contribution in [2.75, 3.05) is 0 Å². The Morgan fingerprint density at radius 2 is 1.18 bits per heavy atom. The van der Waals surface area contributed by atoms with Crippen molar-refractivity contribution in [1.29, 1.82) is 0 Å². The Kier molecular flexibility index (Phi) is 5.31. The molecule has 0 saturated heterocycles. The smallest absolute Gasteiger partial charge is 0.148 e. The number of aromatic amines is 1. The van der Waals surface area contributed by atoms with E-state index < -0.39 is 0 Å². The van der Waals surface area contributed by atoms with E-state index in [1.165, 1.54) is 11.1 Å². The first kappa shape index (κ1) is 20.6. The van der Waals surface area contributed by atoms with Gasteiger partial charge in [-0.05, 0) is 47.2 Å². The molecule has 1 saturated carbocycles. The van der Waals surface area contributed by atoms with Gasteiger partial charge in [0.15, 0.2) is 0 Å². The molecule has 0 radical (unpaired) electrons. The van der Waals surface area contributed by atoms with Crippen LogP contribution in [-0.2, 0) is 18.6 Å². The van der Waals surface area contributed by atoms with Crippen LogP contribution in [0.5, 0.6) is 11.5 Å². The standard InChI is InChI=1S/C31H27NO2/c1-4-10-23(11-5-1)21-33-28-19-26(31(16-17-31)25-14-8-3-9-15-25)18-27-30(28)29(20-32-27)34-22-24-12-6-2-7-13-24/h1-15,18-20,32H,16-17,21-22H2. The van der Waals surface area contributed by atoms with Gasteiger partial charge in [0.2, 0.25) is 0 Å². The molecule has 3 nitrogen and oxygen atoms in total. The van der Waals surface area contributed by atoms with E-state index in [9.17, 15) is 0 Å². The molecule has 6 rings (SSSR count). The maximum Gasteiger partial charge on any atom is 0.148 e. The molecule has 0 amide bonds. The van der Waals surface area contributed by atoms with Gasteiger partial charge in [-0.2, -0.15) is 0 Å².